The van der Waals surface area contributed by atoms with Crippen LogP contribution < -0.4 is 11.1 Å². The van der Waals surface area contributed by atoms with Crippen LogP contribution in [-0.4, -0.2) is 18.1 Å². The standard InChI is InChI=1S/C18H28N2O2.ClH/c1-3-22-13-15-9-7-14(8-10-15)12-20-17(21)16-6-4-5-11-18(16,2)19;/h7-10,16H,3-6,11-13,19H2,1-2H3,(H,20,21);1H. The van der Waals surface area contributed by atoms with Crippen LogP contribution in [0, 0.1) is 5.92 Å². The Hall–Kier alpha value is -1.10. The zero-order chi connectivity index (χ0) is 16.0. The quantitative estimate of drug-likeness (QED) is 0.836. The van der Waals surface area contributed by atoms with Gasteiger partial charge in [-0.2, -0.15) is 0 Å². The number of benzene rings is 1. The van der Waals surface area contributed by atoms with Crippen molar-refractivity contribution in [3.8, 4) is 0 Å². The lowest BCUT2D eigenvalue weighted by atomic mass is 9.74. The van der Waals surface area contributed by atoms with Gasteiger partial charge in [-0.15, -0.1) is 12.4 Å². The van der Waals surface area contributed by atoms with Crippen molar-refractivity contribution in [3.05, 3.63) is 35.4 Å². The number of carbonyl (C=O) groups is 1. The number of hydrogen-bond donors (Lipinski definition) is 2. The smallest absolute Gasteiger partial charge is 0.225 e. The Balaban J connectivity index is 0.00000264. The molecule has 3 N–H and O–H groups in total. The predicted octanol–water partition coefficient (Wildman–Crippen LogP) is 3.17. The minimum atomic E-state index is -0.371. The van der Waals surface area contributed by atoms with Crippen molar-refractivity contribution in [1.29, 1.82) is 0 Å². The van der Waals surface area contributed by atoms with Gasteiger partial charge in [0.1, 0.15) is 0 Å². The first-order chi connectivity index (χ1) is 10.5. The minimum absolute atomic E-state index is 0. The minimum Gasteiger partial charge on any atom is -0.377 e. The molecule has 0 saturated heterocycles. The third-order valence-electron chi connectivity index (χ3n) is 4.53. The summed E-state index contributed by atoms with van der Waals surface area (Å²) in [4.78, 5) is 12.4. The van der Waals surface area contributed by atoms with Crippen molar-refractivity contribution in [1.82, 2.24) is 5.32 Å². The van der Waals surface area contributed by atoms with E-state index in [0.29, 0.717) is 13.2 Å². The molecule has 1 aliphatic carbocycles. The maximum absolute atomic E-state index is 12.4. The fraction of sp³-hybridized carbons (Fsp3) is 0.611. The number of amides is 1. The molecule has 2 rings (SSSR count). The lowest BCUT2D eigenvalue weighted by Gasteiger charge is -2.37. The van der Waals surface area contributed by atoms with Crippen LogP contribution in [0.5, 0.6) is 0 Å². The Morgan fingerprint density at radius 2 is 1.96 bits per heavy atom. The number of nitrogens with two attached hydrogens (primary N) is 1. The molecule has 5 heteroatoms. The lowest BCUT2D eigenvalue weighted by Crippen LogP contribution is -2.52. The Morgan fingerprint density at radius 3 is 2.57 bits per heavy atom. The summed E-state index contributed by atoms with van der Waals surface area (Å²) in [5, 5.41) is 3.04. The van der Waals surface area contributed by atoms with Crippen LogP contribution in [0.4, 0.5) is 0 Å². The molecule has 1 aliphatic rings. The number of ether oxygens (including phenoxy) is 1. The van der Waals surface area contributed by atoms with Gasteiger partial charge in [-0.1, -0.05) is 37.1 Å². The molecule has 1 aromatic rings. The molecule has 2 unspecified atom stereocenters. The topological polar surface area (TPSA) is 64.3 Å². The van der Waals surface area contributed by atoms with Crippen LogP contribution in [0.2, 0.25) is 0 Å². The van der Waals surface area contributed by atoms with Crippen molar-refractivity contribution < 1.29 is 9.53 Å². The van der Waals surface area contributed by atoms with Crippen molar-refractivity contribution in [2.24, 2.45) is 11.7 Å². The van der Waals surface area contributed by atoms with E-state index >= 15 is 0 Å². The van der Waals surface area contributed by atoms with Crippen LogP contribution in [0.1, 0.15) is 50.7 Å². The molecule has 0 aliphatic heterocycles. The molecule has 1 saturated carbocycles. The van der Waals surface area contributed by atoms with E-state index in [1.807, 2.05) is 38.1 Å². The summed E-state index contributed by atoms with van der Waals surface area (Å²) < 4.78 is 5.38. The predicted molar refractivity (Wildman–Crippen MR) is 95.4 cm³/mol. The second-order valence-corrected chi connectivity index (χ2v) is 6.48. The Bertz CT molecular complexity index is 488. The molecule has 1 fully saturated rings. The Labute approximate surface area is 145 Å². The van der Waals surface area contributed by atoms with E-state index in [-0.39, 0.29) is 29.8 Å². The summed E-state index contributed by atoms with van der Waals surface area (Å²) in [7, 11) is 0. The van der Waals surface area contributed by atoms with Crippen LogP contribution in [0.25, 0.3) is 0 Å². The fourth-order valence-electron chi connectivity index (χ4n) is 3.07. The van der Waals surface area contributed by atoms with E-state index in [0.717, 1.165) is 43.4 Å². The number of carbonyl (C=O) groups excluding carboxylic acids is 1. The Kier molecular flexibility index (Phi) is 8.03. The van der Waals surface area contributed by atoms with Gasteiger partial charge < -0.3 is 15.8 Å². The van der Waals surface area contributed by atoms with Gasteiger partial charge in [0.25, 0.3) is 0 Å². The zero-order valence-corrected chi connectivity index (χ0v) is 15.0. The molecule has 2 atom stereocenters. The van der Waals surface area contributed by atoms with Crippen molar-refractivity contribution in [2.75, 3.05) is 6.61 Å². The highest BCUT2D eigenvalue weighted by atomic mass is 35.5. The molecule has 130 valence electrons. The average molecular weight is 341 g/mol. The van der Waals surface area contributed by atoms with E-state index in [4.69, 9.17) is 10.5 Å². The first-order valence-electron chi connectivity index (χ1n) is 8.25. The Morgan fingerprint density at radius 1 is 1.30 bits per heavy atom. The van der Waals surface area contributed by atoms with Gasteiger partial charge in [0, 0.05) is 18.7 Å². The van der Waals surface area contributed by atoms with Crippen LogP contribution in [0.15, 0.2) is 24.3 Å². The van der Waals surface area contributed by atoms with Gasteiger partial charge >= 0.3 is 0 Å². The number of halogens is 1. The van der Waals surface area contributed by atoms with Crippen molar-refractivity contribution >= 4 is 18.3 Å². The van der Waals surface area contributed by atoms with E-state index in [1.165, 1.54) is 0 Å². The summed E-state index contributed by atoms with van der Waals surface area (Å²) in [6.07, 6.45) is 4.04. The highest BCUT2D eigenvalue weighted by Gasteiger charge is 2.37. The molecule has 1 aromatic carbocycles. The number of hydrogen-bond acceptors (Lipinski definition) is 3. The molecular formula is C18H29ClN2O2. The molecule has 1 amide bonds. The molecule has 4 nitrogen and oxygen atoms in total. The zero-order valence-electron chi connectivity index (χ0n) is 14.1. The molecule has 0 radical (unpaired) electrons. The summed E-state index contributed by atoms with van der Waals surface area (Å²) >= 11 is 0. The second kappa shape index (κ2) is 9.26. The highest BCUT2D eigenvalue weighted by molar-refractivity contribution is 5.85. The van der Waals surface area contributed by atoms with Gasteiger partial charge in [0.2, 0.25) is 5.91 Å². The van der Waals surface area contributed by atoms with Crippen LogP contribution in [0.3, 0.4) is 0 Å². The van der Waals surface area contributed by atoms with E-state index in [9.17, 15) is 4.79 Å². The van der Waals surface area contributed by atoms with Gasteiger partial charge in [0.05, 0.1) is 12.5 Å². The largest absolute Gasteiger partial charge is 0.377 e. The molecule has 0 spiro atoms. The third kappa shape index (κ3) is 5.79. The van der Waals surface area contributed by atoms with Crippen molar-refractivity contribution in [2.45, 2.75) is 58.2 Å². The molecule has 23 heavy (non-hydrogen) atoms. The fourth-order valence-corrected chi connectivity index (χ4v) is 3.07. The monoisotopic (exact) mass is 340 g/mol. The SMILES string of the molecule is CCOCc1ccc(CNC(=O)C2CCCCC2(C)N)cc1.Cl. The van der Waals surface area contributed by atoms with E-state index in [2.05, 4.69) is 5.32 Å². The second-order valence-electron chi connectivity index (χ2n) is 6.48. The van der Waals surface area contributed by atoms with E-state index in [1.54, 1.807) is 0 Å². The van der Waals surface area contributed by atoms with Gasteiger partial charge in [0.15, 0.2) is 0 Å². The maximum atomic E-state index is 12.4. The number of rotatable bonds is 6. The normalized spacial score (nSPS) is 23.9. The summed E-state index contributed by atoms with van der Waals surface area (Å²) in [6.45, 7) is 5.90. The summed E-state index contributed by atoms with van der Waals surface area (Å²) in [5.74, 6) is 0.0153. The molecule has 0 aromatic heterocycles. The van der Waals surface area contributed by atoms with E-state index < -0.39 is 0 Å². The first kappa shape index (κ1) is 19.9. The third-order valence-corrected chi connectivity index (χ3v) is 4.53. The lowest BCUT2D eigenvalue weighted by molar-refractivity contribution is -0.128. The molecule has 0 bridgehead atoms. The van der Waals surface area contributed by atoms with Crippen LogP contribution in [-0.2, 0) is 22.7 Å². The van der Waals surface area contributed by atoms with Crippen molar-refractivity contribution in [3.63, 3.8) is 0 Å². The summed E-state index contributed by atoms with van der Waals surface area (Å²) in [6, 6.07) is 8.17. The first-order valence-corrected chi connectivity index (χ1v) is 8.25. The van der Waals surface area contributed by atoms with Gasteiger partial charge in [-0.3, -0.25) is 4.79 Å². The number of nitrogens with one attached hydrogen (secondary N) is 1. The summed E-state index contributed by atoms with van der Waals surface area (Å²) in [5.41, 5.74) is 8.16. The average Bonchev–Trinajstić information content (AvgIpc) is 2.51. The van der Waals surface area contributed by atoms with Crippen LogP contribution >= 0.6 is 12.4 Å². The maximum Gasteiger partial charge on any atom is 0.225 e. The highest BCUT2D eigenvalue weighted by Crippen LogP contribution is 2.31. The molecule has 0 heterocycles. The molecular weight excluding hydrogens is 312 g/mol. The van der Waals surface area contributed by atoms with Gasteiger partial charge in [-0.25, -0.2) is 0 Å². The van der Waals surface area contributed by atoms with Gasteiger partial charge in [-0.05, 0) is 37.8 Å².